The second-order valence-corrected chi connectivity index (χ2v) is 15.2. The molecule has 2 saturated heterocycles. The maximum Gasteiger partial charge on any atom is 0.330 e. The predicted molar refractivity (Wildman–Crippen MR) is 125 cm³/mol. The van der Waals surface area contributed by atoms with E-state index in [0.29, 0.717) is 6.42 Å². The van der Waals surface area contributed by atoms with Crippen LogP contribution in [-0.4, -0.2) is 42.7 Å². The summed E-state index contributed by atoms with van der Waals surface area (Å²) in [6, 6.07) is 11.0. The largest absolute Gasteiger partial charge is 0.459 e. The molecule has 1 N–H and O–H groups in total. The Bertz CT molecular complexity index is 1120. The van der Waals surface area contributed by atoms with Crippen LogP contribution in [0.25, 0.3) is 0 Å². The van der Waals surface area contributed by atoms with Crippen LogP contribution < -0.4 is 11.2 Å². The molecule has 4 rings (SSSR count). The Morgan fingerprint density at radius 3 is 2.42 bits per heavy atom. The molecule has 9 heteroatoms. The molecule has 0 radical (unpaired) electrons. The molecular weight excluding hydrogens is 440 g/mol. The third kappa shape index (κ3) is 4.62. The van der Waals surface area contributed by atoms with E-state index >= 15 is 0 Å². The van der Waals surface area contributed by atoms with Gasteiger partial charge in [-0.1, -0.05) is 51.1 Å². The Balaban J connectivity index is 1.65. The molecule has 3 heterocycles. The Hall–Kier alpha value is -2.49. The molecule has 2 aliphatic heterocycles. The Morgan fingerprint density at radius 1 is 1.09 bits per heavy atom. The average Bonchev–Trinajstić information content (AvgIpc) is 3.23. The van der Waals surface area contributed by atoms with Gasteiger partial charge in [-0.25, -0.2) is 4.79 Å². The number of ether oxygens (including phenoxy) is 2. The highest BCUT2D eigenvalue weighted by molar-refractivity contribution is 6.74. The molecular formula is C24H32N2O6Si. The number of aromatic nitrogens is 2. The molecule has 8 nitrogen and oxygen atoms in total. The zero-order chi connectivity index (χ0) is 24.0. The lowest BCUT2D eigenvalue weighted by atomic mass is 9.84. The Labute approximate surface area is 194 Å². The highest BCUT2D eigenvalue weighted by Gasteiger charge is 2.58. The van der Waals surface area contributed by atoms with E-state index < -0.39 is 43.9 Å². The lowest BCUT2D eigenvalue weighted by Crippen LogP contribution is -2.44. The van der Waals surface area contributed by atoms with Crippen LogP contribution in [0.1, 0.15) is 32.6 Å². The summed E-state index contributed by atoms with van der Waals surface area (Å²) in [6.45, 7) is 11.1. The fourth-order valence-corrected chi connectivity index (χ4v) is 5.34. The first-order valence-electron chi connectivity index (χ1n) is 11.3. The van der Waals surface area contributed by atoms with E-state index in [1.54, 1.807) is 0 Å². The highest BCUT2D eigenvalue weighted by Crippen LogP contribution is 2.47. The lowest BCUT2D eigenvalue weighted by Gasteiger charge is -2.37. The van der Waals surface area contributed by atoms with Gasteiger partial charge in [0.15, 0.2) is 8.32 Å². The van der Waals surface area contributed by atoms with Crippen LogP contribution in [0.4, 0.5) is 0 Å². The number of benzene rings is 1. The van der Waals surface area contributed by atoms with Gasteiger partial charge in [-0.2, -0.15) is 0 Å². The second kappa shape index (κ2) is 8.70. The minimum atomic E-state index is -2.07. The summed E-state index contributed by atoms with van der Waals surface area (Å²) >= 11 is 0. The molecule has 2 aliphatic rings. The molecule has 1 aromatic heterocycles. The van der Waals surface area contributed by atoms with Crippen molar-refractivity contribution < 1.29 is 18.7 Å². The Morgan fingerprint density at radius 2 is 1.79 bits per heavy atom. The average molecular weight is 473 g/mol. The van der Waals surface area contributed by atoms with Gasteiger partial charge in [-0.3, -0.25) is 19.1 Å². The normalized spacial score (nSPS) is 27.4. The van der Waals surface area contributed by atoms with Crippen LogP contribution in [0.5, 0.6) is 0 Å². The molecule has 178 valence electrons. The number of rotatable bonds is 6. The van der Waals surface area contributed by atoms with Gasteiger partial charge in [0.2, 0.25) is 0 Å². The number of aromatic amines is 1. The molecule has 2 aromatic rings. The number of fused-ring (bicyclic) bond motifs is 1. The van der Waals surface area contributed by atoms with Gasteiger partial charge in [0.25, 0.3) is 5.56 Å². The van der Waals surface area contributed by atoms with Crippen molar-refractivity contribution in [1.29, 1.82) is 0 Å². The predicted octanol–water partition coefficient (Wildman–Crippen LogP) is 2.86. The van der Waals surface area contributed by atoms with Crippen molar-refractivity contribution in [3.8, 4) is 0 Å². The van der Waals surface area contributed by atoms with Crippen LogP contribution in [0.2, 0.25) is 18.1 Å². The second-order valence-electron chi connectivity index (χ2n) is 10.4. The monoisotopic (exact) mass is 472 g/mol. The maximum atomic E-state index is 13.0. The van der Waals surface area contributed by atoms with E-state index in [2.05, 4.69) is 38.8 Å². The van der Waals surface area contributed by atoms with E-state index in [4.69, 9.17) is 13.9 Å². The van der Waals surface area contributed by atoms with Gasteiger partial charge in [-0.15, -0.1) is 0 Å². The first kappa shape index (κ1) is 23.7. The van der Waals surface area contributed by atoms with Crippen molar-refractivity contribution in [3.63, 3.8) is 0 Å². The number of hydrogen-bond acceptors (Lipinski definition) is 6. The van der Waals surface area contributed by atoms with E-state index in [9.17, 15) is 14.4 Å². The number of nitrogens with one attached hydrogen (secondary N) is 1. The molecule has 0 aliphatic carbocycles. The third-order valence-electron chi connectivity index (χ3n) is 7.25. The summed E-state index contributed by atoms with van der Waals surface area (Å²) in [5, 5.41) is 0.0163. The standard InChI is InChI=1S/C24H32N2O6Si/c1-24(2,3)33(4,5)30-14-17-20-19(21(31-17)26-12-11-18(27)25-23(26)29)16(22(28)32-20)13-15-9-7-6-8-10-15/h6-12,16-17,19-21H,13-14H2,1-5H3,(H,25,27,29)/t16-,17-,19-,20-,21-/m1/s1. The molecule has 1 aromatic carbocycles. The molecule has 2 fully saturated rings. The van der Waals surface area contributed by atoms with Gasteiger partial charge in [0, 0.05) is 12.3 Å². The van der Waals surface area contributed by atoms with Gasteiger partial charge in [-0.05, 0) is 30.1 Å². The van der Waals surface area contributed by atoms with Crippen molar-refractivity contribution in [2.75, 3.05) is 6.61 Å². The van der Waals surface area contributed by atoms with Crippen LogP contribution >= 0.6 is 0 Å². The molecule has 0 unspecified atom stereocenters. The quantitative estimate of drug-likeness (QED) is 0.513. The lowest BCUT2D eigenvalue weighted by molar-refractivity contribution is -0.151. The van der Waals surface area contributed by atoms with Crippen LogP contribution in [0, 0.1) is 11.8 Å². The fourth-order valence-electron chi connectivity index (χ4n) is 4.33. The van der Waals surface area contributed by atoms with Crippen LogP contribution in [0.15, 0.2) is 52.2 Å². The van der Waals surface area contributed by atoms with Crippen molar-refractivity contribution in [3.05, 3.63) is 69.0 Å². The van der Waals surface area contributed by atoms with Gasteiger partial charge < -0.3 is 13.9 Å². The minimum absolute atomic E-state index is 0.0163. The van der Waals surface area contributed by atoms with Crippen molar-refractivity contribution in [2.24, 2.45) is 11.8 Å². The number of carbonyl (C=O) groups excluding carboxylic acids is 1. The van der Waals surface area contributed by atoms with E-state index in [1.807, 2.05) is 30.3 Å². The summed E-state index contributed by atoms with van der Waals surface area (Å²) in [5.74, 6) is -1.15. The molecule has 0 spiro atoms. The first-order valence-corrected chi connectivity index (χ1v) is 14.2. The van der Waals surface area contributed by atoms with Crippen molar-refractivity contribution >= 4 is 14.3 Å². The summed E-state index contributed by atoms with van der Waals surface area (Å²) in [7, 11) is -2.07. The van der Waals surface area contributed by atoms with E-state index in [1.165, 1.54) is 16.8 Å². The van der Waals surface area contributed by atoms with Crippen molar-refractivity contribution in [2.45, 2.75) is 63.8 Å². The van der Waals surface area contributed by atoms with Crippen LogP contribution in [-0.2, 0) is 25.1 Å². The Kier molecular flexibility index (Phi) is 6.24. The number of carbonyl (C=O) groups is 1. The topological polar surface area (TPSA) is 99.6 Å². The molecule has 0 amide bonds. The van der Waals surface area contributed by atoms with Crippen LogP contribution in [0.3, 0.4) is 0 Å². The van der Waals surface area contributed by atoms with Gasteiger partial charge in [0.1, 0.15) is 18.4 Å². The fraction of sp³-hybridized carbons (Fsp3) is 0.542. The minimum Gasteiger partial charge on any atom is -0.459 e. The number of H-pyrrole nitrogens is 1. The van der Waals surface area contributed by atoms with Gasteiger partial charge in [0.05, 0.1) is 18.4 Å². The zero-order valence-corrected chi connectivity index (χ0v) is 20.7. The maximum absolute atomic E-state index is 13.0. The zero-order valence-electron chi connectivity index (χ0n) is 19.7. The smallest absolute Gasteiger partial charge is 0.330 e. The number of esters is 1. The summed E-state index contributed by atoms with van der Waals surface area (Å²) < 4.78 is 19.9. The van der Waals surface area contributed by atoms with E-state index in [0.717, 1.165) is 5.56 Å². The summed E-state index contributed by atoms with van der Waals surface area (Å²) in [5.41, 5.74) is -0.0492. The highest BCUT2D eigenvalue weighted by atomic mass is 28.4. The SMILES string of the molecule is CC(C)(C)[Si](C)(C)OC[C@H]1O[C@@H](n2ccc(=O)[nH]c2=O)[C@H]2[C@@H]1OC(=O)[C@@H]2Cc1ccccc1. The molecule has 5 atom stereocenters. The number of nitrogens with zero attached hydrogens (tertiary/aromatic N) is 1. The summed E-state index contributed by atoms with van der Waals surface area (Å²) in [6.07, 6.45) is 0.127. The summed E-state index contributed by atoms with van der Waals surface area (Å²) in [4.78, 5) is 39.4. The molecule has 0 saturated carbocycles. The first-order chi connectivity index (χ1) is 15.5. The third-order valence-corrected chi connectivity index (χ3v) is 11.7. The number of hydrogen-bond donors (Lipinski definition) is 1. The van der Waals surface area contributed by atoms with Gasteiger partial charge >= 0.3 is 11.7 Å². The molecule has 0 bridgehead atoms. The van der Waals surface area contributed by atoms with E-state index in [-0.39, 0.29) is 23.5 Å². The molecule has 33 heavy (non-hydrogen) atoms. The van der Waals surface area contributed by atoms with Crippen molar-refractivity contribution in [1.82, 2.24) is 9.55 Å².